The van der Waals surface area contributed by atoms with E-state index in [1.165, 1.54) is 0 Å². The van der Waals surface area contributed by atoms with Crippen LogP contribution in [0.15, 0.2) is 54.7 Å². The number of ether oxygens (including phenoxy) is 1. The zero-order valence-electron chi connectivity index (χ0n) is 15.2. The first-order valence-electron chi connectivity index (χ1n) is 8.56. The van der Waals surface area contributed by atoms with E-state index in [9.17, 15) is 0 Å². The molecule has 1 aromatic carbocycles. The molecule has 2 N–H and O–H groups in total. The summed E-state index contributed by atoms with van der Waals surface area (Å²) in [7, 11) is 1.65. The molecule has 134 valence electrons. The largest absolute Gasteiger partial charge is 0.378 e. The van der Waals surface area contributed by atoms with E-state index in [1.54, 1.807) is 13.3 Å². The summed E-state index contributed by atoms with van der Waals surface area (Å²) in [5.41, 5.74) is 2.73. The lowest BCUT2D eigenvalue weighted by Gasteiger charge is -2.13. The van der Waals surface area contributed by atoms with Crippen molar-refractivity contribution in [2.45, 2.75) is 26.5 Å². The van der Waals surface area contributed by atoms with Crippen molar-refractivity contribution in [3.05, 3.63) is 60.4 Å². The lowest BCUT2D eigenvalue weighted by atomic mass is 10.2. The van der Waals surface area contributed by atoms with Gasteiger partial charge in [0.1, 0.15) is 11.6 Å². The van der Waals surface area contributed by atoms with Gasteiger partial charge < -0.3 is 15.4 Å². The Hall–Kier alpha value is -2.99. The van der Waals surface area contributed by atoms with E-state index in [4.69, 9.17) is 4.74 Å². The van der Waals surface area contributed by atoms with Crippen molar-refractivity contribution in [2.75, 3.05) is 17.7 Å². The third-order valence-corrected chi connectivity index (χ3v) is 3.58. The summed E-state index contributed by atoms with van der Waals surface area (Å²) in [4.78, 5) is 13.6. The minimum Gasteiger partial charge on any atom is -0.378 e. The highest BCUT2D eigenvalue weighted by atomic mass is 16.5. The SMILES string of the molecule is COCc1cc(Nc2cc(NC(C)C)nc(-c3ccccc3)n2)ccn1. The van der Waals surface area contributed by atoms with Crippen molar-refractivity contribution >= 4 is 17.3 Å². The molecule has 0 unspecified atom stereocenters. The number of benzene rings is 1. The molecule has 3 rings (SSSR count). The quantitative estimate of drug-likeness (QED) is 0.664. The Morgan fingerprint density at radius 3 is 2.50 bits per heavy atom. The molecule has 0 bridgehead atoms. The van der Waals surface area contributed by atoms with Gasteiger partial charge in [-0.2, -0.15) is 0 Å². The monoisotopic (exact) mass is 349 g/mol. The van der Waals surface area contributed by atoms with Crippen molar-refractivity contribution < 1.29 is 4.74 Å². The van der Waals surface area contributed by atoms with Crippen molar-refractivity contribution in [2.24, 2.45) is 0 Å². The molecule has 0 atom stereocenters. The highest BCUT2D eigenvalue weighted by molar-refractivity contribution is 5.65. The topological polar surface area (TPSA) is 72.0 Å². The predicted octanol–water partition coefficient (Wildman–Crippen LogP) is 4.25. The number of hydrogen-bond donors (Lipinski definition) is 2. The number of pyridine rings is 1. The zero-order valence-corrected chi connectivity index (χ0v) is 15.2. The highest BCUT2D eigenvalue weighted by Gasteiger charge is 2.08. The summed E-state index contributed by atoms with van der Waals surface area (Å²) >= 11 is 0. The Morgan fingerprint density at radius 2 is 1.77 bits per heavy atom. The van der Waals surface area contributed by atoms with Crippen molar-refractivity contribution in [1.82, 2.24) is 15.0 Å². The molecule has 26 heavy (non-hydrogen) atoms. The number of aromatic nitrogens is 3. The molecule has 6 nitrogen and oxygen atoms in total. The molecule has 0 amide bonds. The number of methoxy groups -OCH3 is 1. The summed E-state index contributed by atoms with van der Waals surface area (Å²) in [6.45, 7) is 4.63. The van der Waals surface area contributed by atoms with Gasteiger partial charge in [-0.25, -0.2) is 9.97 Å². The fourth-order valence-electron chi connectivity index (χ4n) is 2.53. The van der Waals surface area contributed by atoms with E-state index in [0.717, 1.165) is 28.6 Å². The average molecular weight is 349 g/mol. The van der Waals surface area contributed by atoms with Gasteiger partial charge in [0.15, 0.2) is 5.82 Å². The second kappa shape index (κ2) is 8.40. The minimum absolute atomic E-state index is 0.274. The van der Waals surface area contributed by atoms with Gasteiger partial charge in [-0.3, -0.25) is 4.98 Å². The zero-order chi connectivity index (χ0) is 18.4. The smallest absolute Gasteiger partial charge is 0.163 e. The number of rotatable bonds is 7. The standard InChI is InChI=1S/C20H23N5O/c1-14(2)22-18-12-19(23-16-9-10-21-17(11-16)13-26-3)25-20(24-18)15-7-5-4-6-8-15/h4-12,14H,13H2,1-3H3,(H2,21,22,23,24,25). The van der Waals surface area contributed by atoms with E-state index >= 15 is 0 Å². The van der Waals surface area contributed by atoms with Crippen molar-refractivity contribution in [1.29, 1.82) is 0 Å². The second-order valence-corrected chi connectivity index (χ2v) is 6.22. The average Bonchev–Trinajstić information content (AvgIpc) is 2.62. The van der Waals surface area contributed by atoms with Gasteiger partial charge in [-0.1, -0.05) is 30.3 Å². The fourth-order valence-corrected chi connectivity index (χ4v) is 2.53. The molecule has 0 spiro atoms. The van der Waals surface area contributed by atoms with Crippen LogP contribution in [0.3, 0.4) is 0 Å². The molecule has 0 aliphatic heterocycles. The van der Waals surface area contributed by atoms with Gasteiger partial charge in [0.05, 0.1) is 12.3 Å². The normalized spacial score (nSPS) is 10.8. The summed E-state index contributed by atoms with van der Waals surface area (Å²) in [5.74, 6) is 2.17. The van der Waals surface area contributed by atoms with E-state index in [1.807, 2.05) is 48.5 Å². The van der Waals surface area contributed by atoms with Crippen molar-refractivity contribution in [3.8, 4) is 11.4 Å². The van der Waals surface area contributed by atoms with E-state index in [0.29, 0.717) is 12.4 Å². The molecule has 0 saturated carbocycles. The maximum Gasteiger partial charge on any atom is 0.163 e. The van der Waals surface area contributed by atoms with Gasteiger partial charge in [0.2, 0.25) is 0 Å². The van der Waals surface area contributed by atoms with Crippen LogP contribution in [0.2, 0.25) is 0 Å². The maximum atomic E-state index is 5.15. The van der Waals surface area contributed by atoms with Gasteiger partial charge in [-0.15, -0.1) is 0 Å². The molecule has 0 aliphatic carbocycles. The van der Waals surface area contributed by atoms with Gasteiger partial charge in [0, 0.05) is 36.7 Å². The minimum atomic E-state index is 0.274. The Kier molecular flexibility index (Phi) is 5.76. The molecule has 0 saturated heterocycles. The van der Waals surface area contributed by atoms with Crippen LogP contribution in [0.1, 0.15) is 19.5 Å². The van der Waals surface area contributed by atoms with Crippen LogP contribution in [0.25, 0.3) is 11.4 Å². The van der Waals surface area contributed by atoms with E-state index in [2.05, 4.69) is 39.4 Å². The lowest BCUT2D eigenvalue weighted by Crippen LogP contribution is -2.12. The maximum absolute atomic E-state index is 5.15. The molecule has 2 aromatic heterocycles. The fraction of sp³-hybridized carbons (Fsp3) is 0.250. The van der Waals surface area contributed by atoms with Crippen LogP contribution < -0.4 is 10.6 Å². The molecule has 0 radical (unpaired) electrons. The summed E-state index contributed by atoms with van der Waals surface area (Å²) in [6.07, 6.45) is 1.75. The van der Waals surface area contributed by atoms with Gasteiger partial charge in [0.25, 0.3) is 0 Å². The molecule has 6 heteroatoms. The second-order valence-electron chi connectivity index (χ2n) is 6.22. The Morgan fingerprint density at radius 1 is 1.00 bits per heavy atom. The first-order chi connectivity index (χ1) is 12.6. The summed E-state index contributed by atoms with van der Waals surface area (Å²) in [6, 6.07) is 16.0. The van der Waals surface area contributed by atoms with Crippen LogP contribution in [-0.4, -0.2) is 28.1 Å². The van der Waals surface area contributed by atoms with Gasteiger partial charge in [-0.05, 0) is 26.0 Å². The van der Waals surface area contributed by atoms with Crippen LogP contribution in [0, 0.1) is 0 Å². The lowest BCUT2D eigenvalue weighted by molar-refractivity contribution is 0.181. The molecule has 2 heterocycles. The van der Waals surface area contributed by atoms with Crippen LogP contribution in [-0.2, 0) is 11.3 Å². The summed E-state index contributed by atoms with van der Waals surface area (Å²) in [5, 5.41) is 6.69. The first-order valence-corrected chi connectivity index (χ1v) is 8.56. The number of nitrogens with one attached hydrogen (secondary N) is 2. The van der Waals surface area contributed by atoms with E-state index in [-0.39, 0.29) is 6.04 Å². The Bertz CT molecular complexity index is 852. The molecule has 0 fully saturated rings. The number of nitrogens with zero attached hydrogens (tertiary/aromatic N) is 3. The third-order valence-electron chi connectivity index (χ3n) is 3.58. The molecule has 3 aromatic rings. The van der Waals surface area contributed by atoms with Crippen molar-refractivity contribution in [3.63, 3.8) is 0 Å². The number of hydrogen-bond acceptors (Lipinski definition) is 6. The van der Waals surface area contributed by atoms with Crippen LogP contribution in [0.4, 0.5) is 17.3 Å². The predicted molar refractivity (Wildman–Crippen MR) is 104 cm³/mol. The highest BCUT2D eigenvalue weighted by Crippen LogP contribution is 2.23. The first kappa shape index (κ1) is 17.8. The Labute approximate surface area is 153 Å². The molecular weight excluding hydrogens is 326 g/mol. The summed E-state index contributed by atoms with van der Waals surface area (Å²) < 4.78 is 5.15. The Balaban J connectivity index is 1.94. The molecule has 0 aliphatic rings. The molecular formula is C20H23N5O. The van der Waals surface area contributed by atoms with Gasteiger partial charge >= 0.3 is 0 Å². The third kappa shape index (κ3) is 4.77. The van der Waals surface area contributed by atoms with Crippen LogP contribution >= 0.6 is 0 Å². The number of anilines is 3. The van der Waals surface area contributed by atoms with E-state index < -0.39 is 0 Å². The van der Waals surface area contributed by atoms with Crippen LogP contribution in [0.5, 0.6) is 0 Å².